The third-order valence-electron chi connectivity index (χ3n) is 1.51. The Balaban J connectivity index is 2.43. The minimum absolute atomic E-state index is 0.800. The largest absolute Gasteiger partial charge is 0.270 e. The van der Waals surface area contributed by atoms with Gasteiger partial charge in [-0.05, 0) is 12.7 Å². The Bertz CT molecular complexity index is 357. The van der Waals surface area contributed by atoms with Crippen LogP contribution in [-0.2, 0) is 0 Å². The van der Waals surface area contributed by atoms with E-state index in [9.17, 15) is 0 Å². The van der Waals surface area contributed by atoms with Gasteiger partial charge >= 0.3 is 0 Å². The average molecular weight is 182 g/mol. The third kappa shape index (κ3) is 1.20. The summed E-state index contributed by atoms with van der Waals surface area (Å²) in [5.74, 6) is 1.86. The zero-order chi connectivity index (χ0) is 8.55. The van der Waals surface area contributed by atoms with Gasteiger partial charge in [-0.25, -0.2) is 4.98 Å². The van der Waals surface area contributed by atoms with Crippen LogP contribution >= 0.6 is 11.8 Å². The van der Waals surface area contributed by atoms with Crippen LogP contribution in [0.1, 0.15) is 12.7 Å². The normalized spacial score (nSPS) is 11.2. The fraction of sp³-hybridized carbons (Fsp3) is 0.429. The summed E-state index contributed by atoms with van der Waals surface area (Å²) in [6, 6.07) is 2.01. The van der Waals surface area contributed by atoms with Gasteiger partial charge in [-0.2, -0.15) is 4.63 Å². The van der Waals surface area contributed by atoms with E-state index in [1.54, 1.807) is 16.4 Å². The molecular weight excluding hydrogens is 172 g/mol. The van der Waals surface area contributed by atoms with Crippen molar-refractivity contribution in [1.29, 1.82) is 0 Å². The van der Waals surface area contributed by atoms with Crippen LogP contribution in [0.15, 0.2) is 11.1 Å². The summed E-state index contributed by atoms with van der Waals surface area (Å²) in [7, 11) is 0. The Morgan fingerprint density at radius 2 is 2.50 bits per heavy atom. The molecule has 0 aliphatic heterocycles. The lowest BCUT2D eigenvalue weighted by atomic mass is 10.7. The highest BCUT2D eigenvalue weighted by atomic mass is 32.2. The fourth-order valence-electron chi connectivity index (χ4n) is 1.09. The van der Waals surface area contributed by atoms with Gasteiger partial charge in [0, 0.05) is 6.07 Å². The van der Waals surface area contributed by atoms with Crippen molar-refractivity contribution in [3.63, 3.8) is 0 Å². The predicted octanol–water partition coefficient (Wildman–Crippen LogP) is 1.48. The molecule has 64 valence electrons. The van der Waals surface area contributed by atoms with Crippen molar-refractivity contribution in [2.45, 2.75) is 18.9 Å². The lowest BCUT2D eigenvalue weighted by Crippen LogP contribution is -1.86. The number of aromatic amines is 1. The van der Waals surface area contributed by atoms with E-state index < -0.39 is 0 Å². The summed E-state index contributed by atoms with van der Waals surface area (Å²) < 4.78 is 1.70. The first-order valence-electron chi connectivity index (χ1n) is 3.85. The molecule has 2 aromatic heterocycles. The molecule has 0 aliphatic carbocycles. The molecular formula is C7H10N4S. The number of hydrogen-bond acceptors (Lipinski definition) is 3. The summed E-state index contributed by atoms with van der Waals surface area (Å²) in [6.07, 6.45) is 0. The zero-order valence-electron chi connectivity index (χ0n) is 7.03. The van der Waals surface area contributed by atoms with E-state index in [2.05, 4.69) is 22.1 Å². The fourth-order valence-corrected chi connectivity index (χ4v) is 1.74. The summed E-state index contributed by atoms with van der Waals surface area (Å²) in [6.45, 7) is 4.00. The van der Waals surface area contributed by atoms with Gasteiger partial charge in [0.1, 0.15) is 5.82 Å². The molecule has 0 saturated carbocycles. The Labute approximate surface area is 74.4 Å². The highest BCUT2D eigenvalue weighted by Gasteiger charge is 2.03. The number of aryl methyl sites for hydroxylation is 1. The molecule has 2 rings (SSSR count). The van der Waals surface area contributed by atoms with Gasteiger partial charge in [-0.15, -0.1) is 16.9 Å². The molecule has 0 amide bonds. The zero-order valence-corrected chi connectivity index (χ0v) is 7.85. The van der Waals surface area contributed by atoms with Crippen LogP contribution in [0.3, 0.4) is 0 Å². The summed E-state index contributed by atoms with van der Waals surface area (Å²) in [5, 5.41) is 8.39. The Morgan fingerprint density at radius 3 is 3.17 bits per heavy atom. The van der Waals surface area contributed by atoms with Crippen molar-refractivity contribution in [3.05, 3.63) is 11.9 Å². The molecule has 2 heterocycles. The number of aromatic nitrogens is 4. The van der Waals surface area contributed by atoms with Crippen LogP contribution in [0.4, 0.5) is 0 Å². The van der Waals surface area contributed by atoms with Crippen LogP contribution in [0.5, 0.6) is 0 Å². The Hall–Kier alpha value is -0.970. The minimum Gasteiger partial charge on any atom is -0.270 e. The van der Waals surface area contributed by atoms with Crippen molar-refractivity contribution in [2.75, 3.05) is 5.75 Å². The van der Waals surface area contributed by atoms with Gasteiger partial charge in [0.05, 0.1) is 5.03 Å². The number of thioether (sulfide) groups is 1. The monoisotopic (exact) mass is 182 g/mol. The van der Waals surface area contributed by atoms with Gasteiger partial charge in [-0.3, -0.25) is 5.10 Å². The first kappa shape index (κ1) is 7.67. The first-order valence-corrected chi connectivity index (χ1v) is 4.83. The number of rotatable bonds is 2. The van der Waals surface area contributed by atoms with Crippen LogP contribution in [0, 0.1) is 6.92 Å². The van der Waals surface area contributed by atoms with Crippen molar-refractivity contribution in [3.8, 4) is 0 Å². The molecule has 0 fully saturated rings. The van der Waals surface area contributed by atoms with E-state index in [0.29, 0.717) is 0 Å². The third-order valence-corrected chi connectivity index (χ3v) is 2.32. The average Bonchev–Trinajstić information content (AvgIpc) is 2.44. The van der Waals surface area contributed by atoms with E-state index in [1.165, 1.54) is 0 Å². The molecule has 5 heteroatoms. The summed E-state index contributed by atoms with van der Waals surface area (Å²) in [5.41, 5.74) is 0.892. The van der Waals surface area contributed by atoms with Crippen LogP contribution < -0.4 is 0 Å². The molecule has 0 radical (unpaired) electrons. The second-order valence-corrected chi connectivity index (χ2v) is 3.79. The van der Waals surface area contributed by atoms with Crippen LogP contribution in [0.2, 0.25) is 0 Å². The Kier molecular flexibility index (Phi) is 1.80. The molecule has 12 heavy (non-hydrogen) atoms. The molecule has 0 spiro atoms. The quantitative estimate of drug-likeness (QED) is 0.715. The van der Waals surface area contributed by atoms with Crippen molar-refractivity contribution >= 4 is 17.4 Å². The predicted molar refractivity (Wildman–Crippen MR) is 48.5 cm³/mol. The number of fused-ring (bicyclic) bond motifs is 1. The summed E-state index contributed by atoms with van der Waals surface area (Å²) in [4.78, 5) is 4.22. The highest BCUT2D eigenvalue weighted by Crippen LogP contribution is 2.16. The number of hydrogen-bond donors (Lipinski definition) is 1. The maximum absolute atomic E-state index is 4.22. The van der Waals surface area contributed by atoms with Crippen molar-refractivity contribution < 1.29 is 0 Å². The molecule has 0 bridgehead atoms. The molecule has 0 aliphatic rings. The molecule has 0 atom stereocenters. The molecule has 0 saturated heterocycles. The first-order chi connectivity index (χ1) is 5.79. The van der Waals surface area contributed by atoms with E-state index in [-0.39, 0.29) is 0 Å². The number of nitrogens with one attached hydrogen (secondary N) is 1. The summed E-state index contributed by atoms with van der Waals surface area (Å²) >= 11 is 1.76. The second-order valence-electron chi connectivity index (χ2n) is 2.48. The lowest BCUT2D eigenvalue weighted by molar-refractivity contribution is 0.773. The molecule has 2 aromatic rings. The van der Waals surface area contributed by atoms with Gasteiger partial charge < -0.3 is 0 Å². The second kappa shape index (κ2) is 2.82. The van der Waals surface area contributed by atoms with Crippen LogP contribution in [0.25, 0.3) is 5.65 Å². The van der Waals surface area contributed by atoms with Gasteiger partial charge in [-0.1, -0.05) is 6.92 Å². The standard InChI is InChI=1S/C7H10N4S/c1-3-12-7-4-6-8-5(2)9-11(6)10-7/h4,10H,3H2,1-2H3. The highest BCUT2D eigenvalue weighted by molar-refractivity contribution is 7.99. The Morgan fingerprint density at radius 1 is 1.67 bits per heavy atom. The minimum atomic E-state index is 0.800. The lowest BCUT2D eigenvalue weighted by Gasteiger charge is -1.88. The molecule has 1 N–H and O–H groups in total. The van der Waals surface area contributed by atoms with Crippen molar-refractivity contribution in [2.24, 2.45) is 0 Å². The number of H-pyrrole nitrogens is 1. The van der Waals surface area contributed by atoms with E-state index in [4.69, 9.17) is 0 Å². The van der Waals surface area contributed by atoms with Crippen molar-refractivity contribution in [1.82, 2.24) is 19.8 Å². The smallest absolute Gasteiger partial charge is 0.176 e. The molecule has 0 aromatic carbocycles. The van der Waals surface area contributed by atoms with Crippen LogP contribution in [-0.4, -0.2) is 25.6 Å². The number of nitrogens with zero attached hydrogens (tertiary/aromatic N) is 3. The topological polar surface area (TPSA) is 46.0 Å². The van der Waals surface area contributed by atoms with E-state index in [0.717, 1.165) is 22.3 Å². The molecule has 0 unspecified atom stereocenters. The maximum Gasteiger partial charge on any atom is 0.176 e. The van der Waals surface area contributed by atoms with Gasteiger partial charge in [0.25, 0.3) is 0 Å². The molecule has 4 nitrogen and oxygen atoms in total. The van der Waals surface area contributed by atoms with Gasteiger partial charge in [0.2, 0.25) is 0 Å². The maximum atomic E-state index is 4.22. The van der Waals surface area contributed by atoms with Gasteiger partial charge in [0.15, 0.2) is 5.65 Å². The van der Waals surface area contributed by atoms with E-state index in [1.807, 2.05) is 13.0 Å². The van der Waals surface area contributed by atoms with E-state index >= 15 is 0 Å². The SMILES string of the molecule is CCSc1cc2nc(C)nn2[nH]1.